The first-order valence-corrected chi connectivity index (χ1v) is 6.32. The van der Waals surface area contributed by atoms with Gasteiger partial charge in [-0.25, -0.2) is 4.39 Å². The Kier molecular flexibility index (Phi) is 5.95. The molecule has 0 radical (unpaired) electrons. The summed E-state index contributed by atoms with van der Waals surface area (Å²) in [5.41, 5.74) is 0.714. The number of benzene rings is 1. The van der Waals surface area contributed by atoms with Crippen LogP contribution in [0.25, 0.3) is 0 Å². The van der Waals surface area contributed by atoms with E-state index in [2.05, 4.69) is 33.5 Å². The third kappa shape index (κ3) is 3.99. The van der Waals surface area contributed by atoms with Gasteiger partial charge in [-0.2, -0.15) is 5.26 Å². The van der Waals surface area contributed by atoms with Crippen LogP contribution in [0.2, 0.25) is 0 Å². The van der Waals surface area contributed by atoms with Crippen LogP contribution in [-0.4, -0.2) is 19.6 Å². The lowest BCUT2D eigenvalue weighted by atomic mass is 10.2. The van der Waals surface area contributed by atoms with Crippen LogP contribution in [0, 0.1) is 17.1 Å². The van der Waals surface area contributed by atoms with Crippen molar-refractivity contribution in [2.45, 2.75) is 13.3 Å². The molecule has 0 saturated heterocycles. The molecule has 0 atom stereocenters. The maximum Gasteiger partial charge on any atom is 0.161 e. The molecule has 0 fully saturated rings. The molecule has 0 bridgehead atoms. The summed E-state index contributed by atoms with van der Waals surface area (Å²) in [4.78, 5) is 0. The lowest BCUT2D eigenvalue weighted by Gasteiger charge is -2.09. The lowest BCUT2D eigenvalue weighted by Crippen LogP contribution is -2.23. The molecule has 1 aromatic carbocycles. The van der Waals surface area contributed by atoms with Gasteiger partial charge < -0.3 is 10.6 Å². The van der Waals surface area contributed by atoms with Crippen LogP contribution in [0.4, 0.5) is 10.1 Å². The highest BCUT2D eigenvalue weighted by Crippen LogP contribution is 2.26. The summed E-state index contributed by atoms with van der Waals surface area (Å²) in [6.07, 6.45) is 1.08. The maximum absolute atomic E-state index is 13.7. The Morgan fingerprint density at radius 1 is 1.35 bits per heavy atom. The van der Waals surface area contributed by atoms with E-state index in [1.807, 2.05) is 6.07 Å². The second-order valence-corrected chi connectivity index (χ2v) is 4.37. The minimum Gasteiger partial charge on any atom is -0.381 e. The first kappa shape index (κ1) is 13.9. The van der Waals surface area contributed by atoms with Crippen molar-refractivity contribution >= 4 is 21.6 Å². The molecule has 0 aliphatic rings. The zero-order valence-electron chi connectivity index (χ0n) is 9.69. The number of rotatable bonds is 6. The second-order valence-electron chi connectivity index (χ2n) is 3.58. The number of halogens is 2. The zero-order valence-corrected chi connectivity index (χ0v) is 11.3. The molecule has 0 amide bonds. The fourth-order valence-electron chi connectivity index (χ4n) is 1.36. The molecule has 5 heteroatoms. The third-order valence-corrected chi connectivity index (χ3v) is 3.02. The van der Waals surface area contributed by atoms with Gasteiger partial charge in [0.25, 0.3) is 0 Å². The van der Waals surface area contributed by atoms with Crippen molar-refractivity contribution < 1.29 is 4.39 Å². The maximum atomic E-state index is 13.7. The van der Waals surface area contributed by atoms with Crippen LogP contribution in [0.1, 0.15) is 18.9 Å². The van der Waals surface area contributed by atoms with Gasteiger partial charge in [0.1, 0.15) is 6.07 Å². The van der Waals surface area contributed by atoms with Gasteiger partial charge in [-0.1, -0.05) is 6.92 Å². The van der Waals surface area contributed by atoms with Crippen molar-refractivity contribution in [3.8, 4) is 6.07 Å². The Bertz CT molecular complexity index is 415. The number of hydrogen-bond donors (Lipinski definition) is 2. The first-order chi connectivity index (χ1) is 8.20. The van der Waals surface area contributed by atoms with Crippen LogP contribution < -0.4 is 10.6 Å². The van der Waals surface area contributed by atoms with Gasteiger partial charge in [-0.3, -0.25) is 0 Å². The van der Waals surface area contributed by atoms with E-state index in [-0.39, 0.29) is 4.47 Å². The van der Waals surface area contributed by atoms with E-state index in [0.29, 0.717) is 17.8 Å². The van der Waals surface area contributed by atoms with Crippen LogP contribution in [0.5, 0.6) is 0 Å². The van der Waals surface area contributed by atoms with Gasteiger partial charge in [-0.15, -0.1) is 0 Å². The number of nitrogens with one attached hydrogen (secondary N) is 2. The smallest absolute Gasteiger partial charge is 0.161 e. The topological polar surface area (TPSA) is 47.8 Å². The first-order valence-electron chi connectivity index (χ1n) is 5.53. The summed E-state index contributed by atoms with van der Waals surface area (Å²) in [5, 5.41) is 14.9. The number of nitriles is 1. The van der Waals surface area contributed by atoms with Crippen LogP contribution in [0.15, 0.2) is 16.6 Å². The molecule has 2 N–H and O–H groups in total. The minimum absolute atomic E-state index is 0.214. The molecule has 0 unspecified atom stereocenters. The zero-order chi connectivity index (χ0) is 12.7. The molecule has 0 aliphatic carbocycles. The highest BCUT2D eigenvalue weighted by Gasteiger charge is 2.10. The van der Waals surface area contributed by atoms with E-state index in [1.165, 1.54) is 0 Å². The molecule has 1 rings (SSSR count). The molecule has 3 nitrogen and oxygen atoms in total. The van der Waals surface area contributed by atoms with E-state index in [4.69, 9.17) is 5.26 Å². The molecule has 0 saturated carbocycles. The van der Waals surface area contributed by atoms with Crippen molar-refractivity contribution in [2.75, 3.05) is 25.0 Å². The third-order valence-electron chi connectivity index (χ3n) is 2.25. The summed E-state index contributed by atoms with van der Waals surface area (Å²) < 4.78 is 14.0. The molecule has 0 aliphatic heterocycles. The van der Waals surface area contributed by atoms with Gasteiger partial charge in [-0.05, 0) is 41.0 Å². The second kappa shape index (κ2) is 7.25. The van der Waals surface area contributed by atoms with Crippen LogP contribution >= 0.6 is 15.9 Å². The van der Waals surface area contributed by atoms with E-state index in [1.54, 1.807) is 12.1 Å². The van der Waals surface area contributed by atoms with Gasteiger partial charge in [0, 0.05) is 13.1 Å². The summed E-state index contributed by atoms with van der Waals surface area (Å²) >= 11 is 3.07. The van der Waals surface area contributed by atoms with Crippen molar-refractivity contribution in [3.05, 3.63) is 28.0 Å². The van der Waals surface area contributed by atoms with Gasteiger partial charge in [0.15, 0.2) is 5.82 Å². The van der Waals surface area contributed by atoms with Gasteiger partial charge in [0.2, 0.25) is 0 Å². The molecule has 17 heavy (non-hydrogen) atoms. The van der Waals surface area contributed by atoms with Gasteiger partial charge in [0.05, 0.1) is 15.7 Å². The monoisotopic (exact) mass is 299 g/mol. The normalized spacial score (nSPS) is 10.0. The Morgan fingerprint density at radius 3 is 2.76 bits per heavy atom. The fourth-order valence-corrected chi connectivity index (χ4v) is 1.79. The van der Waals surface area contributed by atoms with Crippen molar-refractivity contribution in [3.63, 3.8) is 0 Å². The molecule has 0 aromatic heterocycles. The highest BCUT2D eigenvalue weighted by molar-refractivity contribution is 9.10. The summed E-state index contributed by atoms with van der Waals surface area (Å²) in [6.45, 7) is 4.49. The van der Waals surface area contributed by atoms with Crippen molar-refractivity contribution in [2.24, 2.45) is 0 Å². The van der Waals surface area contributed by atoms with E-state index >= 15 is 0 Å². The molecule has 1 aromatic rings. The van der Waals surface area contributed by atoms with E-state index in [0.717, 1.165) is 19.5 Å². The minimum atomic E-state index is -0.417. The van der Waals surface area contributed by atoms with E-state index < -0.39 is 5.82 Å². The molecule has 92 valence electrons. The van der Waals surface area contributed by atoms with Crippen LogP contribution in [-0.2, 0) is 0 Å². The SMILES string of the molecule is CCCNCCNc1ccc(C#N)c(Br)c1F. The fraction of sp³-hybridized carbons (Fsp3) is 0.417. The Balaban J connectivity index is 2.55. The highest BCUT2D eigenvalue weighted by atomic mass is 79.9. The molecule has 0 heterocycles. The average Bonchev–Trinajstić information content (AvgIpc) is 2.34. The molecule has 0 spiro atoms. The number of hydrogen-bond acceptors (Lipinski definition) is 3. The average molecular weight is 300 g/mol. The van der Waals surface area contributed by atoms with Crippen molar-refractivity contribution in [1.82, 2.24) is 5.32 Å². The largest absolute Gasteiger partial charge is 0.381 e. The summed E-state index contributed by atoms with van der Waals surface area (Å²) in [6, 6.07) is 5.09. The Morgan fingerprint density at radius 2 is 2.12 bits per heavy atom. The Labute approximate surface area is 109 Å². The van der Waals surface area contributed by atoms with E-state index in [9.17, 15) is 4.39 Å². The molecular weight excluding hydrogens is 285 g/mol. The predicted molar refractivity (Wildman–Crippen MR) is 70.5 cm³/mol. The number of anilines is 1. The number of nitrogens with zero attached hydrogens (tertiary/aromatic N) is 1. The van der Waals surface area contributed by atoms with Crippen LogP contribution in [0.3, 0.4) is 0 Å². The Hall–Kier alpha value is -1.12. The summed E-state index contributed by atoms with van der Waals surface area (Å²) in [7, 11) is 0. The summed E-state index contributed by atoms with van der Waals surface area (Å²) in [5.74, 6) is -0.417. The standard InChI is InChI=1S/C12H15BrFN3/c1-2-5-16-6-7-17-10-4-3-9(8-15)11(13)12(10)14/h3-4,16-17H,2,5-7H2,1H3. The predicted octanol–water partition coefficient (Wildman–Crippen LogP) is 2.87. The molecular formula is C12H15BrFN3. The van der Waals surface area contributed by atoms with Crippen molar-refractivity contribution in [1.29, 1.82) is 5.26 Å². The van der Waals surface area contributed by atoms with Gasteiger partial charge >= 0.3 is 0 Å². The lowest BCUT2D eigenvalue weighted by molar-refractivity contribution is 0.621. The quantitative estimate of drug-likeness (QED) is 0.794.